The highest BCUT2D eigenvalue weighted by molar-refractivity contribution is 5.38. The molecule has 0 amide bonds. The minimum atomic E-state index is -0.644. The Kier molecular flexibility index (Phi) is 3.43. The monoisotopic (exact) mass is 267 g/mol. The van der Waals surface area contributed by atoms with Crippen molar-refractivity contribution in [2.75, 3.05) is 26.3 Å². The molecule has 0 unspecified atom stereocenters. The molecule has 19 heavy (non-hydrogen) atoms. The van der Waals surface area contributed by atoms with Crippen molar-refractivity contribution in [2.24, 2.45) is 0 Å². The molecule has 2 heterocycles. The first-order chi connectivity index (χ1) is 9.15. The van der Waals surface area contributed by atoms with Gasteiger partial charge in [0, 0.05) is 24.7 Å². The molecule has 0 aromatic heterocycles. The van der Waals surface area contributed by atoms with Crippen LogP contribution >= 0.6 is 0 Å². The first-order valence-electron chi connectivity index (χ1n) is 6.61. The molecule has 0 radical (unpaired) electrons. The van der Waals surface area contributed by atoms with E-state index in [4.69, 9.17) is 9.47 Å². The molecule has 1 saturated heterocycles. The molecule has 0 bridgehead atoms. The molecule has 2 aliphatic rings. The molecule has 3 atom stereocenters. The van der Waals surface area contributed by atoms with E-state index in [1.807, 2.05) is 6.92 Å². The minimum absolute atomic E-state index is 0.0932. The van der Waals surface area contributed by atoms with Gasteiger partial charge in [-0.3, -0.25) is 4.90 Å². The Morgan fingerprint density at radius 3 is 3.05 bits per heavy atom. The average molecular weight is 267 g/mol. The van der Waals surface area contributed by atoms with E-state index >= 15 is 0 Å². The summed E-state index contributed by atoms with van der Waals surface area (Å²) in [5.74, 6) is 0.106. The number of hydrogen-bond acceptors (Lipinski definition) is 4. The Morgan fingerprint density at radius 1 is 1.42 bits per heavy atom. The zero-order valence-corrected chi connectivity index (χ0v) is 10.9. The maximum Gasteiger partial charge on any atom is 0.128 e. The van der Waals surface area contributed by atoms with Crippen LogP contribution in [0.1, 0.15) is 18.6 Å². The van der Waals surface area contributed by atoms with Gasteiger partial charge in [-0.15, -0.1) is 0 Å². The second-order valence-electron chi connectivity index (χ2n) is 5.18. The Morgan fingerprint density at radius 2 is 2.26 bits per heavy atom. The van der Waals surface area contributed by atoms with Gasteiger partial charge in [0.05, 0.1) is 18.8 Å². The van der Waals surface area contributed by atoms with E-state index in [9.17, 15) is 9.50 Å². The quantitative estimate of drug-likeness (QED) is 0.834. The molecule has 104 valence electrons. The van der Waals surface area contributed by atoms with Crippen molar-refractivity contribution in [3.05, 3.63) is 29.6 Å². The molecular weight excluding hydrogens is 249 g/mol. The molecule has 2 aliphatic heterocycles. The second kappa shape index (κ2) is 5.07. The molecule has 1 aromatic carbocycles. The van der Waals surface area contributed by atoms with E-state index in [1.165, 1.54) is 12.1 Å². The molecule has 1 aromatic rings. The number of aliphatic hydroxyl groups is 1. The summed E-state index contributed by atoms with van der Waals surface area (Å²) >= 11 is 0. The minimum Gasteiger partial charge on any atom is -0.491 e. The molecule has 0 saturated carbocycles. The second-order valence-corrected chi connectivity index (χ2v) is 5.18. The number of benzene rings is 1. The van der Waals surface area contributed by atoms with Crippen LogP contribution in [-0.2, 0) is 4.74 Å². The van der Waals surface area contributed by atoms with Crippen LogP contribution in [0.25, 0.3) is 0 Å². The topological polar surface area (TPSA) is 41.9 Å². The van der Waals surface area contributed by atoms with Gasteiger partial charge in [-0.1, -0.05) is 0 Å². The van der Waals surface area contributed by atoms with Crippen LogP contribution in [0, 0.1) is 5.82 Å². The fourth-order valence-corrected chi connectivity index (χ4v) is 2.80. The zero-order valence-electron chi connectivity index (χ0n) is 10.9. The van der Waals surface area contributed by atoms with Crippen molar-refractivity contribution in [3.63, 3.8) is 0 Å². The van der Waals surface area contributed by atoms with Gasteiger partial charge in [-0.2, -0.15) is 0 Å². The van der Waals surface area contributed by atoms with Crippen molar-refractivity contribution >= 4 is 0 Å². The number of aliphatic hydroxyl groups excluding tert-OH is 1. The number of hydrogen-bond donors (Lipinski definition) is 1. The van der Waals surface area contributed by atoms with Crippen molar-refractivity contribution < 1.29 is 19.0 Å². The third-order valence-electron chi connectivity index (χ3n) is 3.81. The Hall–Kier alpha value is -1.17. The first kappa shape index (κ1) is 12.8. The lowest BCUT2D eigenvalue weighted by molar-refractivity contribution is -0.0736. The maximum atomic E-state index is 13.1. The van der Waals surface area contributed by atoms with Gasteiger partial charge in [-0.25, -0.2) is 4.39 Å². The normalized spacial score (nSPS) is 31.6. The fraction of sp³-hybridized carbons (Fsp3) is 0.571. The van der Waals surface area contributed by atoms with Crippen molar-refractivity contribution in [2.45, 2.75) is 25.2 Å². The molecule has 1 fully saturated rings. The standard InChI is InChI=1S/C14H18FNO3/c1-9-7-16(4-5-18-9)12-8-19-13-6-10(15)2-3-11(13)14(12)17/h2-3,6,9,12,14,17H,4-5,7-8H2,1H3/t9-,12+,14-/m1/s1. The summed E-state index contributed by atoms with van der Waals surface area (Å²) in [6, 6.07) is 4.20. The Balaban J connectivity index is 1.81. The van der Waals surface area contributed by atoms with Gasteiger partial charge in [0.15, 0.2) is 0 Å². The summed E-state index contributed by atoms with van der Waals surface area (Å²) in [6.45, 7) is 4.63. The molecule has 3 rings (SSSR count). The highest BCUT2D eigenvalue weighted by Gasteiger charge is 2.35. The van der Waals surface area contributed by atoms with Gasteiger partial charge < -0.3 is 14.6 Å². The van der Waals surface area contributed by atoms with Crippen molar-refractivity contribution in [1.82, 2.24) is 4.90 Å². The van der Waals surface area contributed by atoms with E-state index in [-0.39, 0.29) is 18.0 Å². The predicted molar refractivity (Wildman–Crippen MR) is 67.6 cm³/mol. The molecule has 1 N–H and O–H groups in total. The zero-order chi connectivity index (χ0) is 13.4. The number of fused-ring (bicyclic) bond motifs is 1. The van der Waals surface area contributed by atoms with E-state index in [0.717, 1.165) is 13.1 Å². The van der Waals surface area contributed by atoms with E-state index in [1.54, 1.807) is 6.07 Å². The lowest BCUT2D eigenvalue weighted by atomic mass is 9.97. The number of halogens is 1. The van der Waals surface area contributed by atoms with Crippen LogP contribution in [0.5, 0.6) is 5.75 Å². The van der Waals surface area contributed by atoms with Crippen LogP contribution in [0.15, 0.2) is 18.2 Å². The SMILES string of the molecule is C[C@@H]1CN([C@H]2COc3cc(F)ccc3[C@H]2O)CCO1. The highest BCUT2D eigenvalue weighted by atomic mass is 19.1. The molecule has 4 nitrogen and oxygen atoms in total. The van der Waals surface area contributed by atoms with E-state index < -0.39 is 6.10 Å². The lowest BCUT2D eigenvalue weighted by Crippen LogP contribution is -2.52. The summed E-state index contributed by atoms with van der Waals surface area (Å²) < 4.78 is 24.2. The maximum absolute atomic E-state index is 13.1. The summed E-state index contributed by atoms with van der Waals surface area (Å²) in [5.41, 5.74) is 0.664. The van der Waals surface area contributed by atoms with Crippen molar-refractivity contribution in [1.29, 1.82) is 0 Å². The van der Waals surface area contributed by atoms with Crippen LogP contribution in [-0.4, -0.2) is 48.5 Å². The van der Waals surface area contributed by atoms with E-state index in [0.29, 0.717) is 24.5 Å². The van der Waals surface area contributed by atoms with E-state index in [2.05, 4.69) is 4.90 Å². The van der Waals surface area contributed by atoms with Crippen LogP contribution in [0.2, 0.25) is 0 Å². The Bertz CT molecular complexity index is 468. The summed E-state index contributed by atoms with van der Waals surface area (Å²) in [4.78, 5) is 2.19. The number of ether oxygens (including phenoxy) is 2. The molecule has 5 heteroatoms. The summed E-state index contributed by atoms with van der Waals surface area (Å²) in [5, 5.41) is 10.5. The van der Waals surface area contributed by atoms with Gasteiger partial charge in [0.1, 0.15) is 24.3 Å². The third-order valence-corrected chi connectivity index (χ3v) is 3.81. The van der Waals surface area contributed by atoms with Gasteiger partial charge in [0.2, 0.25) is 0 Å². The van der Waals surface area contributed by atoms with Gasteiger partial charge in [-0.05, 0) is 19.1 Å². The predicted octanol–water partition coefficient (Wildman–Crippen LogP) is 1.34. The number of rotatable bonds is 1. The Labute approximate surface area is 111 Å². The fourth-order valence-electron chi connectivity index (χ4n) is 2.80. The van der Waals surface area contributed by atoms with Gasteiger partial charge in [0.25, 0.3) is 0 Å². The van der Waals surface area contributed by atoms with Crippen LogP contribution in [0.4, 0.5) is 4.39 Å². The summed E-state index contributed by atoms with van der Waals surface area (Å²) in [6.07, 6.45) is -0.481. The van der Waals surface area contributed by atoms with Gasteiger partial charge >= 0.3 is 0 Å². The molecule has 0 aliphatic carbocycles. The molecular formula is C14H18FNO3. The smallest absolute Gasteiger partial charge is 0.128 e. The summed E-state index contributed by atoms with van der Waals surface area (Å²) in [7, 11) is 0. The average Bonchev–Trinajstić information content (AvgIpc) is 2.39. The van der Waals surface area contributed by atoms with Crippen LogP contribution < -0.4 is 4.74 Å². The number of nitrogens with zero attached hydrogens (tertiary/aromatic N) is 1. The van der Waals surface area contributed by atoms with Crippen molar-refractivity contribution in [3.8, 4) is 5.75 Å². The third kappa shape index (κ3) is 2.45. The largest absolute Gasteiger partial charge is 0.491 e. The van der Waals surface area contributed by atoms with Crippen LogP contribution in [0.3, 0.4) is 0 Å². The number of morpholine rings is 1. The first-order valence-corrected chi connectivity index (χ1v) is 6.61. The molecule has 0 spiro atoms. The highest BCUT2D eigenvalue weighted by Crippen LogP contribution is 2.35. The lowest BCUT2D eigenvalue weighted by Gasteiger charge is -2.41.